The van der Waals surface area contributed by atoms with E-state index in [0.29, 0.717) is 32.4 Å². The van der Waals surface area contributed by atoms with Crippen molar-refractivity contribution >= 4 is 33.2 Å². The Kier molecular flexibility index (Phi) is 4.43. The second-order valence-electron chi connectivity index (χ2n) is 5.81. The molecule has 1 aromatic heterocycles. The smallest absolute Gasteiger partial charge is 0.308 e. The third-order valence-corrected chi connectivity index (χ3v) is 7.68. The van der Waals surface area contributed by atoms with Gasteiger partial charge in [0.25, 0.3) is 10.0 Å². The number of carbonyl (C=O) groups is 2. The fourth-order valence-corrected chi connectivity index (χ4v) is 5.94. The molecule has 2 unspecified atom stereocenters. The van der Waals surface area contributed by atoms with E-state index in [4.69, 9.17) is 5.11 Å². The zero-order chi connectivity index (χ0) is 16.6. The van der Waals surface area contributed by atoms with Crippen molar-refractivity contribution < 1.29 is 23.1 Å². The van der Waals surface area contributed by atoms with Crippen LogP contribution >= 0.6 is 11.3 Å². The molecule has 1 N–H and O–H groups in total. The summed E-state index contributed by atoms with van der Waals surface area (Å²) in [5.41, 5.74) is 0. The van der Waals surface area contributed by atoms with Crippen LogP contribution in [-0.4, -0.2) is 60.3 Å². The molecule has 0 aliphatic carbocycles. The number of aliphatic carboxylic acids is 1. The summed E-state index contributed by atoms with van der Waals surface area (Å²) in [5.74, 6) is -1.73. The lowest BCUT2D eigenvalue weighted by Gasteiger charge is -2.26. The van der Waals surface area contributed by atoms with Gasteiger partial charge in [-0.05, 0) is 30.7 Å². The van der Waals surface area contributed by atoms with Gasteiger partial charge < -0.3 is 10.0 Å². The summed E-state index contributed by atoms with van der Waals surface area (Å²) in [5, 5.41) is 10.7. The van der Waals surface area contributed by atoms with Crippen LogP contribution in [0.3, 0.4) is 0 Å². The lowest BCUT2D eigenvalue weighted by Crippen LogP contribution is -2.47. The Bertz CT molecular complexity index is 701. The van der Waals surface area contributed by atoms with Gasteiger partial charge in [-0.25, -0.2) is 8.42 Å². The van der Waals surface area contributed by atoms with Crippen LogP contribution in [0.25, 0.3) is 0 Å². The van der Waals surface area contributed by atoms with E-state index in [-0.39, 0.29) is 16.7 Å². The molecule has 0 bridgehead atoms. The Morgan fingerprint density at radius 3 is 2.65 bits per heavy atom. The molecule has 23 heavy (non-hydrogen) atoms. The highest BCUT2D eigenvalue weighted by Gasteiger charge is 2.43. The second-order valence-corrected chi connectivity index (χ2v) is 8.88. The van der Waals surface area contributed by atoms with Crippen LogP contribution in [0.2, 0.25) is 0 Å². The van der Waals surface area contributed by atoms with Gasteiger partial charge >= 0.3 is 5.97 Å². The maximum atomic E-state index is 12.7. The van der Waals surface area contributed by atoms with Gasteiger partial charge in [-0.2, -0.15) is 4.31 Å². The number of amides is 1. The molecule has 0 saturated carbocycles. The van der Waals surface area contributed by atoms with Gasteiger partial charge in [0.1, 0.15) is 10.3 Å². The molecule has 1 aromatic rings. The molecule has 0 radical (unpaired) electrons. The number of rotatable bonds is 4. The molecule has 2 fully saturated rings. The highest BCUT2D eigenvalue weighted by molar-refractivity contribution is 7.91. The molecular formula is C14H18N2O5S2. The lowest BCUT2D eigenvalue weighted by atomic mass is 10.1. The molecule has 2 aliphatic rings. The van der Waals surface area contributed by atoms with E-state index in [1.807, 2.05) is 0 Å². The molecule has 2 saturated heterocycles. The molecular weight excluding hydrogens is 340 g/mol. The van der Waals surface area contributed by atoms with Crippen LogP contribution in [0.15, 0.2) is 21.7 Å². The molecule has 2 atom stereocenters. The molecule has 126 valence electrons. The number of hydrogen-bond acceptors (Lipinski definition) is 5. The van der Waals surface area contributed by atoms with Gasteiger partial charge in [-0.1, -0.05) is 6.07 Å². The monoisotopic (exact) mass is 358 g/mol. The highest BCUT2D eigenvalue weighted by Crippen LogP contribution is 2.30. The van der Waals surface area contributed by atoms with E-state index in [1.54, 1.807) is 11.4 Å². The van der Waals surface area contributed by atoms with Gasteiger partial charge in [0.05, 0.1) is 5.92 Å². The first-order chi connectivity index (χ1) is 10.9. The lowest BCUT2D eigenvalue weighted by molar-refractivity contribution is -0.141. The van der Waals surface area contributed by atoms with Crippen molar-refractivity contribution in [2.45, 2.75) is 29.5 Å². The van der Waals surface area contributed by atoms with Crippen LogP contribution in [0.4, 0.5) is 0 Å². The normalized spacial score (nSPS) is 25.8. The van der Waals surface area contributed by atoms with E-state index >= 15 is 0 Å². The van der Waals surface area contributed by atoms with Gasteiger partial charge in [0, 0.05) is 19.6 Å². The van der Waals surface area contributed by atoms with Crippen molar-refractivity contribution in [3.63, 3.8) is 0 Å². The summed E-state index contributed by atoms with van der Waals surface area (Å²) in [4.78, 5) is 25.2. The van der Waals surface area contributed by atoms with Crippen molar-refractivity contribution in [3.8, 4) is 0 Å². The minimum absolute atomic E-state index is 0.164. The standard InChI is InChI=1S/C14H18N2O5S2/c17-13(15-7-5-10(9-15)14(18)19)11-3-1-6-16(11)23(20,21)12-4-2-8-22-12/h2,4,8,10-11H,1,3,5-7,9H2,(H,18,19). The minimum Gasteiger partial charge on any atom is -0.481 e. The van der Waals surface area contributed by atoms with E-state index < -0.39 is 28.0 Å². The summed E-state index contributed by atoms with van der Waals surface area (Å²) in [6, 6.07) is 2.49. The van der Waals surface area contributed by atoms with Crippen molar-refractivity contribution in [1.29, 1.82) is 0 Å². The third-order valence-electron chi connectivity index (χ3n) is 4.40. The van der Waals surface area contributed by atoms with Crippen molar-refractivity contribution in [2.75, 3.05) is 19.6 Å². The Morgan fingerprint density at radius 2 is 2.04 bits per heavy atom. The number of nitrogens with zero attached hydrogens (tertiary/aromatic N) is 2. The summed E-state index contributed by atoms with van der Waals surface area (Å²) < 4.78 is 26.8. The second kappa shape index (κ2) is 6.21. The molecule has 9 heteroatoms. The minimum atomic E-state index is -3.66. The molecule has 0 aromatic carbocycles. The van der Waals surface area contributed by atoms with Crippen molar-refractivity contribution in [2.24, 2.45) is 5.92 Å². The largest absolute Gasteiger partial charge is 0.481 e. The maximum absolute atomic E-state index is 12.7. The van der Waals surface area contributed by atoms with Gasteiger partial charge in [0.15, 0.2) is 0 Å². The van der Waals surface area contributed by atoms with Crippen LogP contribution in [0.5, 0.6) is 0 Å². The summed E-state index contributed by atoms with van der Waals surface area (Å²) in [6.45, 7) is 0.865. The quantitative estimate of drug-likeness (QED) is 0.860. The predicted molar refractivity (Wildman–Crippen MR) is 83.6 cm³/mol. The average molecular weight is 358 g/mol. The Labute approximate surface area is 138 Å². The first-order valence-corrected chi connectivity index (χ1v) is 9.80. The van der Waals surface area contributed by atoms with Crippen molar-refractivity contribution in [1.82, 2.24) is 9.21 Å². The average Bonchev–Trinajstić information content (AvgIpc) is 3.25. The Balaban J connectivity index is 1.77. The predicted octanol–water partition coefficient (Wildman–Crippen LogP) is 0.834. The van der Waals surface area contributed by atoms with E-state index in [2.05, 4.69) is 0 Å². The van der Waals surface area contributed by atoms with E-state index in [0.717, 1.165) is 11.3 Å². The molecule has 0 spiro atoms. The molecule has 1 amide bonds. The van der Waals surface area contributed by atoms with Gasteiger partial charge in [-0.15, -0.1) is 11.3 Å². The van der Waals surface area contributed by atoms with E-state index in [1.165, 1.54) is 15.3 Å². The first-order valence-electron chi connectivity index (χ1n) is 7.48. The number of carboxylic acids is 1. The Morgan fingerprint density at radius 1 is 1.26 bits per heavy atom. The fraction of sp³-hybridized carbons (Fsp3) is 0.571. The summed E-state index contributed by atoms with van der Waals surface area (Å²) in [6.07, 6.45) is 1.54. The van der Waals surface area contributed by atoms with Crippen LogP contribution in [0, 0.1) is 5.92 Å². The zero-order valence-electron chi connectivity index (χ0n) is 12.4. The van der Waals surface area contributed by atoms with Crippen molar-refractivity contribution in [3.05, 3.63) is 17.5 Å². The van der Waals surface area contributed by atoms with Crippen LogP contribution in [-0.2, 0) is 19.6 Å². The first kappa shape index (κ1) is 16.4. The molecule has 2 aliphatic heterocycles. The number of carbonyl (C=O) groups excluding carboxylic acids is 1. The molecule has 3 heterocycles. The maximum Gasteiger partial charge on any atom is 0.308 e. The number of carboxylic acid groups (broad SMARTS) is 1. The number of hydrogen-bond donors (Lipinski definition) is 1. The van der Waals surface area contributed by atoms with Crippen LogP contribution in [0.1, 0.15) is 19.3 Å². The zero-order valence-corrected chi connectivity index (χ0v) is 14.1. The topological polar surface area (TPSA) is 95.0 Å². The third kappa shape index (κ3) is 3.00. The van der Waals surface area contributed by atoms with Crippen LogP contribution < -0.4 is 0 Å². The number of thiophene rings is 1. The van der Waals surface area contributed by atoms with Gasteiger partial charge in [0.2, 0.25) is 5.91 Å². The summed E-state index contributed by atoms with van der Waals surface area (Å²) >= 11 is 1.13. The van der Waals surface area contributed by atoms with Gasteiger partial charge in [-0.3, -0.25) is 9.59 Å². The Hall–Kier alpha value is -1.45. The molecule has 3 rings (SSSR count). The summed E-state index contributed by atoms with van der Waals surface area (Å²) in [7, 11) is -3.66. The fourth-order valence-electron chi connectivity index (χ4n) is 3.17. The molecule has 7 nitrogen and oxygen atoms in total. The number of likely N-dealkylation sites (tertiary alicyclic amines) is 1. The number of sulfonamides is 1. The van der Waals surface area contributed by atoms with E-state index in [9.17, 15) is 18.0 Å². The SMILES string of the molecule is O=C(O)C1CCN(C(=O)C2CCCN2S(=O)(=O)c2cccs2)C1. The highest BCUT2D eigenvalue weighted by atomic mass is 32.2.